The second kappa shape index (κ2) is 3.10. The lowest BCUT2D eigenvalue weighted by molar-refractivity contribution is -0.0351. The number of ether oxygens (including phenoxy) is 1. The van der Waals surface area contributed by atoms with E-state index in [2.05, 4.69) is 27.4 Å². The molecular weight excluding hydrogens is 172 g/mol. The van der Waals surface area contributed by atoms with Crippen LogP contribution in [0.5, 0.6) is 0 Å². The normalized spacial score (nSPS) is 44.2. The highest BCUT2D eigenvalue weighted by Gasteiger charge is 2.61. The summed E-state index contributed by atoms with van der Waals surface area (Å²) in [4.78, 5) is 0. The smallest absolute Gasteiger partial charge is 0.0648 e. The number of hydrogen-bond donors (Lipinski definition) is 0. The molecule has 0 amide bonds. The third-order valence-electron chi connectivity index (χ3n) is 5.13. The topological polar surface area (TPSA) is 9.23 Å². The lowest BCUT2D eigenvalue weighted by Crippen LogP contribution is -2.37. The average molecular weight is 194 g/mol. The van der Waals surface area contributed by atoms with Crippen molar-refractivity contribution >= 4 is 0 Å². The third kappa shape index (κ3) is 1.11. The van der Waals surface area contributed by atoms with E-state index in [4.69, 9.17) is 4.74 Å². The van der Waals surface area contributed by atoms with E-state index in [1.807, 2.05) is 6.08 Å². The first kappa shape index (κ1) is 10.2. The summed E-state index contributed by atoms with van der Waals surface area (Å²) in [6.07, 6.45) is 6.33. The van der Waals surface area contributed by atoms with Gasteiger partial charge in [-0.2, -0.15) is 0 Å². The van der Waals surface area contributed by atoms with E-state index < -0.39 is 0 Å². The van der Waals surface area contributed by atoms with E-state index in [9.17, 15) is 0 Å². The molecule has 0 aliphatic heterocycles. The molecule has 2 bridgehead atoms. The van der Waals surface area contributed by atoms with Crippen LogP contribution in [0.25, 0.3) is 0 Å². The summed E-state index contributed by atoms with van der Waals surface area (Å²) >= 11 is 0. The highest BCUT2D eigenvalue weighted by Crippen LogP contribution is 2.66. The molecule has 0 radical (unpaired) electrons. The van der Waals surface area contributed by atoms with Crippen molar-refractivity contribution in [2.75, 3.05) is 6.61 Å². The van der Waals surface area contributed by atoms with Crippen LogP contribution in [0.4, 0.5) is 0 Å². The summed E-state index contributed by atoms with van der Waals surface area (Å²) < 4.78 is 5.91. The minimum absolute atomic E-state index is 0.403. The molecule has 3 atom stereocenters. The molecule has 1 unspecified atom stereocenters. The summed E-state index contributed by atoms with van der Waals surface area (Å²) in [5.41, 5.74) is 0.875. The molecule has 2 fully saturated rings. The molecule has 2 rings (SSSR count). The van der Waals surface area contributed by atoms with Crippen LogP contribution in [0.1, 0.15) is 40.0 Å². The predicted molar refractivity (Wildman–Crippen MR) is 59.2 cm³/mol. The van der Waals surface area contributed by atoms with Crippen LogP contribution in [0.15, 0.2) is 12.7 Å². The van der Waals surface area contributed by atoms with Crippen LogP contribution in [0.3, 0.4) is 0 Å². The van der Waals surface area contributed by atoms with E-state index in [1.54, 1.807) is 0 Å². The Hall–Kier alpha value is -0.300. The van der Waals surface area contributed by atoms with Crippen LogP contribution < -0.4 is 0 Å². The van der Waals surface area contributed by atoms with Gasteiger partial charge in [-0.25, -0.2) is 0 Å². The minimum atomic E-state index is 0.403. The molecule has 0 heterocycles. The van der Waals surface area contributed by atoms with Crippen LogP contribution in [-0.4, -0.2) is 12.7 Å². The lowest BCUT2D eigenvalue weighted by atomic mass is 9.70. The Morgan fingerprint density at radius 1 is 1.43 bits per heavy atom. The molecule has 14 heavy (non-hydrogen) atoms. The average Bonchev–Trinajstić information content (AvgIpc) is 2.46. The largest absolute Gasteiger partial charge is 0.374 e. The molecule has 80 valence electrons. The van der Waals surface area contributed by atoms with Gasteiger partial charge in [0, 0.05) is 0 Å². The quantitative estimate of drug-likeness (QED) is 0.626. The van der Waals surface area contributed by atoms with Gasteiger partial charge < -0.3 is 4.74 Å². The highest BCUT2D eigenvalue weighted by molar-refractivity contribution is 5.11. The van der Waals surface area contributed by atoms with Crippen molar-refractivity contribution in [1.29, 1.82) is 0 Å². The molecule has 2 saturated carbocycles. The molecule has 0 aromatic rings. The first-order valence-corrected chi connectivity index (χ1v) is 5.75. The molecule has 1 heteroatoms. The third-order valence-corrected chi connectivity index (χ3v) is 5.13. The monoisotopic (exact) mass is 194 g/mol. The van der Waals surface area contributed by atoms with E-state index in [0.717, 1.165) is 5.92 Å². The van der Waals surface area contributed by atoms with Gasteiger partial charge in [-0.1, -0.05) is 26.8 Å². The van der Waals surface area contributed by atoms with Gasteiger partial charge >= 0.3 is 0 Å². The number of fused-ring (bicyclic) bond motifs is 2. The molecule has 2 aliphatic rings. The van der Waals surface area contributed by atoms with Crippen LogP contribution >= 0.6 is 0 Å². The van der Waals surface area contributed by atoms with Crippen molar-refractivity contribution < 1.29 is 4.74 Å². The van der Waals surface area contributed by atoms with Crippen molar-refractivity contribution in [3.05, 3.63) is 12.7 Å². The van der Waals surface area contributed by atoms with Gasteiger partial charge in [0.1, 0.15) is 0 Å². The SMILES string of the molecule is C=CCO[C@@H]1CC2CC[C@@]1(C)C2(C)C. The second-order valence-electron chi connectivity index (χ2n) is 5.72. The molecule has 1 nitrogen and oxygen atoms in total. The van der Waals surface area contributed by atoms with Crippen molar-refractivity contribution in [3.8, 4) is 0 Å². The molecule has 2 aliphatic carbocycles. The Balaban J connectivity index is 2.14. The fraction of sp³-hybridized carbons (Fsp3) is 0.846. The van der Waals surface area contributed by atoms with Crippen molar-refractivity contribution in [1.82, 2.24) is 0 Å². The van der Waals surface area contributed by atoms with Crippen molar-refractivity contribution in [2.24, 2.45) is 16.7 Å². The fourth-order valence-corrected chi connectivity index (χ4v) is 3.57. The van der Waals surface area contributed by atoms with Gasteiger partial charge in [-0.05, 0) is 36.0 Å². The maximum Gasteiger partial charge on any atom is 0.0648 e. The summed E-state index contributed by atoms with van der Waals surface area (Å²) in [6.45, 7) is 11.7. The summed E-state index contributed by atoms with van der Waals surface area (Å²) in [7, 11) is 0. The molecular formula is C13H22O. The zero-order valence-electron chi connectivity index (χ0n) is 9.68. The van der Waals surface area contributed by atoms with Crippen LogP contribution in [0, 0.1) is 16.7 Å². The summed E-state index contributed by atoms with van der Waals surface area (Å²) in [5.74, 6) is 0.877. The van der Waals surface area contributed by atoms with Gasteiger partial charge in [0.2, 0.25) is 0 Å². The summed E-state index contributed by atoms with van der Waals surface area (Å²) in [6, 6.07) is 0. The van der Waals surface area contributed by atoms with Crippen molar-refractivity contribution in [2.45, 2.75) is 46.1 Å². The summed E-state index contributed by atoms with van der Waals surface area (Å²) in [5, 5.41) is 0. The van der Waals surface area contributed by atoms with Crippen molar-refractivity contribution in [3.63, 3.8) is 0 Å². The number of hydrogen-bond acceptors (Lipinski definition) is 1. The van der Waals surface area contributed by atoms with Gasteiger partial charge in [0.05, 0.1) is 12.7 Å². The number of rotatable bonds is 3. The predicted octanol–water partition coefficient (Wildman–Crippen LogP) is 3.40. The molecule has 0 aromatic carbocycles. The van der Waals surface area contributed by atoms with Gasteiger partial charge in [-0.3, -0.25) is 0 Å². The van der Waals surface area contributed by atoms with Gasteiger partial charge in [-0.15, -0.1) is 6.58 Å². The van der Waals surface area contributed by atoms with Crippen LogP contribution in [-0.2, 0) is 4.74 Å². The first-order chi connectivity index (χ1) is 6.52. The Morgan fingerprint density at radius 2 is 2.14 bits per heavy atom. The molecule has 0 N–H and O–H groups in total. The maximum atomic E-state index is 5.91. The Bertz CT molecular complexity index is 244. The zero-order valence-corrected chi connectivity index (χ0v) is 9.68. The fourth-order valence-electron chi connectivity index (χ4n) is 3.57. The Kier molecular flexibility index (Phi) is 2.26. The first-order valence-electron chi connectivity index (χ1n) is 5.75. The van der Waals surface area contributed by atoms with Crippen LogP contribution in [0.2, 0.25) is 0 Å². The Morgan fingerprint density at radius 3 is 2.57 bits per heavy atom. The Labute approximate surface area is 87.5 Å². The maximum absolute atomic E-state index is 5.91. The van der Waals surface area contributed by atoms with E-state index in [0.29, 0.717) is 23.5 Å². The van der Waals surface area contributed by atoms with Gasteiger partial charge in [0.25, 0.3) is 0 Å². The minimum Gasteiger partial charge on any atom is -0.374 e. The standard InChI is InChI=1S/C13H22O/c1-5-8-14-11-9-10-6-7-13(11,4)12(10,2)3/h5,10-11H,1,6-9H2,2-4H3/t10?,11-,13-/m1/s1. The highest BCUT2D eigenvalue weighted by atomic mass is 16.5. The molecule has 0 spiro atoms. The van der Waals surface area contributed by atoms with E-state index in [-0.39, 0.29) is 0 Å². The lowest BCUT2D eigenvalue weighted by Gasteiger charge is -2.38. The molecule has 0 saturated heterocycles. The van der Waals surface area contributed by atoms with E-state index in [1.165, 1.54) is 19.3 Å². The second-order valence-corrected chi connectivity index (χ2v) is 5.72. The van der Waals surface area contributed by atoms with E-state index >= 15 is 0 Å². The molecule has 0 aromatic heterocycles. The van der Waals surface area contributed by atoms with Gasteiger partial charge in [0.15, 0.2) is 0 Å². The zero-order chi connectivity index (χ0) is 10.4.